The molecule has 2 amide bonds. The Kier molecular flexibility index (Phi) is 12.0. The molecule has 9 nitrogen and oxygen atoms in total. The quantitative estimate of drug-likeness (QED) is 0.320. The van der Waals surface area contributed by atoms with Crippen LogP contribution in [0.5, 0.6) is 11.5 Å². The number of alkyl carbamates (subject to hydrolysis) is 1. The van der Waals surface area contributed by atoms with Crippen LogP contribution in [0, 0.1) is 5.92 Å². The fourth-order valence-corrected chi connectivity index (χ4v) is 3.66. The topological polar surface area (TPSA) is 123 Å². The lowest BCUT2D eigenvalue weighted by Gasteiger charge is -2.31. The molecule has 2 aromatic rings. The number of carbonyl (C=O) groups excluding carboxylic acids is 2. The minimum Gasteiger partial charge on any atom is -0.497 e. The third kappa shape index (κ3) is 9.75. The molecule has 0 aliphatic carbocycles. The predicted octanol–water partition coefficient (Wildman–Crippen LogP) is 3.30. The van der Waals surface area contributed by atoms with E-state index in [0.717, 1.165) is 18.4 Å². The Morgan fingerprint density at radius 1 is 1.00 bits per heavy atom. The second kappa shape index (κ2) is 15.0. The first-order chi connectivity index (χ1) is 17.2. The standard InChI is InChI=1S/C27H39N3O6/c1-5-20(6-2)17-30(36-23-14-12-22(34-4)13-15-23)18-25(31)24(16-21-10-8-7-9-11-21)29-27(33)35-19(3)26(28)32/h7-15,19-20,24-25,31H,5-6,16-18H2,1-4H3,(H2,28,32)(H,29,33)/t19?,24?,25-/m1/s1. The predicted molar refractivity (Wildman–Crippen MR) is 137 cm³/mol. The minimum atomic E-state index is -1.09. The van der Waals surface area contributed by atoms with E-state index in [4.69, 9.17) is 20.0 Å². The number of hydrogen-bond acceptors (Lipinski definition) is 7. The molecule has 2 rings (SSSR count). The number of aliphatic hydroxyl groups excluding tert-OH is 1. The lowest BCUT2D eigenvalue weighted by Crippen LogP contribution is -2.51. The van der Waals surface area contributed by atoms with Gasteiger partial charge >= 0.3 is 6.09 Å². The van der Waals surface area contributed by atoms with Crippen molar-refractivity contribution in [1.29, 1.82) is 0 Å². The normalized spacial score (nSPS) is 13.6. The van der Waals surface area contributed by atoms with Crippen LogP contribution in [0.2, 0.25) is 0 Å². The molecule has 0 aliphatic heterocycles. The minimum absolute atomic E-state index is 0.131. The van der Waals surface area contributed by atoms with Gasteiger partial charge in [-0.15, -0.1) is 5.06 Å². The molecule has 0 spiro atoms. The van der Waals surface area contributed by atoms with Gasteiger partial charge in [-0.3, -0.25) is 4.79 Å². The third-order valence-electron chi connectivity index (χ3n) is 6.05. The van der Waals surface area contributed by atoms with Gasteiger partial charge in [0, 0.05) is 6.54 Å². The van der Waals surface area contributed by atoms with Crippen molar-refractivity contribution in [2.24, 2.45) is 11.7 Å². The molecule has 0 fully saturated rings. The Hall–Kier alpha value is -3.30. The van der Waals surface area contributed by atoms with Gasteiger partial charge in [0.05, 0.1) is 25.8 Å². The van der Waals surface area contributed by atoms with Crippen molar-refractivity contribution in [3.05, 3.63) is 60.2 Å². The lowest BCUT2D eigenvalue weighted by atomic mass is 10.00. The van der Waals surface area contributed by atoms with Crippen molar-refractivity contribution in [3.63, 3.8) is 0 Å². The zero-order valence-corrected chi connectivity index (χ0v) is 21.6. The molecule has 198 valence electrons. The summed E-state index contributed by atoms with van der Waals surface area (Å²) in [5, 5.41) is 15.7. The summed E-state index contributed by atoms with van der Waals surface area (Å²) in [5.41, 5.74) is 6.13. The first-order valence-corrected chi connectivity index (χ1v) is 12.3. The zero-order valence-electron chi connectivity index (χ0n) is 21.6. The number of ether oxygens (including phenoxy) is 2. The van der Waals surface area contributed by atoms with Crippen molar-refractivity contribution in [2.75, 3.05) is 20.2 Å². The van der Waals surface area contributed by atoms with Crippen LogP contribution in [0.15, 0.2) is 54.6 Å². The zero-order chi connectivity index (χ0) is 26.5. The number of methoxy groups -OCH3 is 1. The van der Waals surface area contributed by atoms with Crippen LogP contribution in [-0.4, -0.2) is 60.6 Å². The maximum atomic E-state index is 12.5. The highest BCUT2D eigenvalue weighted by molar-refractivity contribution is 5.81. The fraction of sp³-hybridized carbons (Fsp3) is 0.481. The van der Waals surface area contributed by atoms with Crippen LogP contribution in [0.4, 0.5) is 4.79 Å². The Balaban J connectivity index is 2.20. The van der Waals surface area contributed by atoms with Crippen LogP contribution in [0.25, 0.3) is 0 Å². The summed E-state index contributed by atoms with van der Waals surface area (Å²) in [6.07, 6.45) is -0.665. The summed E-state index contributed by atoms with van der Waals surface area (Å²) in [4.78, 5) is 29.9. The van der Waals surface area contributed by atoms with Crippen molar-refractivity contribution in [2.45, 2.75) is 58.3 Å². The van der Waals surface area contributed by atoms with E-state index in [1.165, 1.54) is 6.92 Å². The highest BCUT2D eigenvalue weighted by Gasteiger charge is 2.27. The molecule has 0 aromatic heterocycles. The second-order valence-corrected chi connectivity index (χ2v) is 8.75. The molecule has 0 saturated carbocycles. The van der Waals surface area contributed by atoms with Gasteiger partial charge in [-0.05, 0) is 49.1 Å². The summed E-state index contributed by atoms with van der Waals surface area (Å²) in [5.74, 6) is 0.924. The summed E-state index contributed by atoms with van der Waals surface area (Å²) >= 11 is 0. The molecule has 3 atom stereocenters. The molecule has 36 heavy (non-hydrogen) atoms. The number of nitrogens with one attached hydrogen (secondary N) is 1. The molecule has 0 radical (unpaired) electrons. The number of aliphatic hydroxyl groups is 1. The van der Waals surface area contributed by atoms with Crippen LogP contribution in [0.3, 0.4) is 0 Å². The third-order valence-corrected chi connectivity index (χ3v) is 6.05. The van der Waals surface area contributed by atoms with E-state index in [1.54, 1.807) is 36.4 Å². The summed E-state index contributed by atoms with van der Waals surface area (Å²) < 4.78 is 10.3. The Morgan fingerprint density at radius 2 is 1.61 bits per heavy atom. The number of amides is 2. The molecule has 2 unspecified atom stereocenters. The molecule has 4 N–H and O–H groups in total. The SMILES string of the molecule is CCC(CC)CN(C[C@@H](O)C(Cc1ccccc1)NC(=O)OC(C)C(N)=O)Oc1ccc(OC)cc1. The number of carbonyl (C=O) groups is 2. The number of benzene rings is 2. The van der Waals surface area contributed by atoms with Crippen molar-refractivity contribution >= 4 is 12.0 Å². The average molecular weight is 502 g/mol. The van der Waals surface area contributed by atoms with Crippen molar-refractivity contribution in [1.82, 2.24) is 10.4 Å². The van der Waals surface area contributed by atoms with Crippen LogP contribution in [-0.2, 0) is 16.0 Å². The van der Waals surface area contributed by atoms with Crippen molar-refractivity contribution in [3.8, 4) is 11.5 Å². The van der Waals surface area contributed by atoms with Crippen LogP contribution in [0.1, 0.15) is 39.2 Å². The van der Waals surface area contributed by atoms with E-state index >= 15 is 0 Å². The molecular weight excluding hydrogens is 462 g/mol. The second-order valence-electron chi connectivity index (χ2n) is 8.75. The van der Waals surface area contributed by atoms with Gasteiger partial charge in [0.25, 0.3) is 5.91 Å². The highest BCUT2D eigenvalue weighted by atomic mass is 16.7. The molecular formula is C27H39N3O6. The van der Waals surface area contributed by atoms with Gasteiger partial charge in [0.1, 0.15) is 11.5 Å². The molecule has 9 heteroatoms. The van der Waals surface area contributed by atoms with Gasteiger partial charge in [-0.1, -0.05) is 57.0 Å². The number of hydrogen-bond donors (Lipinski definition) is 3. The number of hydroxylamine groups is 2. The fourth-order valence-electron chi connectivity index (χ4n) is 3.66. The smallest absolute Gasteiger partial charge is 0.408 e. The van der Waals surface area contributed by atoms with E-state index in [-0.39, 0.29) is 6.54 Å². The van der Waals surface area contributed by atoms with Gasteiger partial charge in [0.15, 0.2) is 6.10 Å². The summed E-state index contributed by atoms with van der Waals surface area (Å²) in [7, 11) is 1.60. The van der Waals surface area contributed by atoms with Gasteiger partial charge < -0.3 is 30.5 Å². The molecule has 0 saturated heterocycles. The number of nitrogens with zero attached hydrogens (tertiary/aromatic N) is 1. The largest absolute Gasteiger partial charge is 0.497 e. The van der Waals surface area contributed by atoms with E-state index in [0.29, 0.717) is 30.4 Å². The van der Waals surface area contributed by atoms with E-state index in [1.807, 2.05) is 30.3 Å². The number of primary amides is 1. The maximum Gasteiger partial charge on any atom is 0.408 e. The maximum absolute atomic E-state index is 12.5. The van der Waals surface area contributed by atoms with Crippen LogP contribution >= 0.6 is 0 Å². The Morgan fingerprint density at radius 3 is 2.17 bits per heavy atom. The first kappa shape index (κ1) is 28.9. The van der Waals surface area contributed by atoms with Gasteiger partial charge in [-0.25, -0.2) is 4.79 Å². The Labute approximate surface area is 213 Å². The van der Waals surface area contributed by atoms with Crippen molar-refractivity contribution < 1.29 is 29.0 Å². The van der Waals surface area contributed by atoms with Gasteiger partial charge in [-0.2, -0.15) is 0 Å². The summed E-state index contributed by atoms with van der Waals surface area (Å²) in [6, 6.07) is 16.0. The monoisotopic (exact) mass is 501 g/mol. The molecule has 2 aromatic carbocycles. The van der Waals surface area contributed by atoms with E-state index in [2.05, 4.69) is 19.2 Å². The highest BCUT2D eigenvalue weighted by Crippen LogP contribution is 2.20. The Bertz CT molecular complexity index is 921. The molecule has 0 heterocycles. The molecule has 0 bridgehead atoms. The first-order valence-electron chi connectivity index (χ1n) is 12.3. The summed E-state index contributed by atoms with van der Waals surface area (Å²) in [6.45, 7) is 6.35. The number of nitrogens with two attached hydrogens (primary N) is 1. The van der Waals surface area contributed by atoms with Gasteiger partial charge in [0.2, 0.25) is 0 Å². The van der Waals surface area contributed by atoms with E-state index in [9.17, 15) is 14.7 Å². The van der Waals surface area contributed by atoms with E-state index < -0.39 is 30.3 Å². The van der Waals surface area contributed by atoms with Crippen LogP contribution < -0.4 is 20.6 Å². The average Bonchev–Trinajstić information content (AvgIpc) is 2.87. The number of rotatable bonds is 15. The lowest BCUT2D eigenvalue weighted by molar-refractivity contribution is -0.125. The molecule has 0 aliphatic rings.